The van der Waals surface area contributed by atoms with E-state index < -0.39 is 0 Å². The molecule has 2 heterocycles. The molecule has 0 saturated heterocycles. The summed E-state index contributed by atoms with van der Waals surface area (Å²) in [7, 11) is 1.66. The van der Waals surface area contributed by atoms with Crippen molar-refractivity contribution in [3.05, 3.63) is 34.1 Å². The summed E-state index contributed by atoms with van der Waals surface area (Å²) in [5.41, 5.74) is 2.61. The zero-order chi connectivity index (χ0) is 15.7. The molecule has 0 saturated carbocycles. The second-order valence-corrected chi connectivity index (χ2v) is 6.92. The molecule has 22 heavy (non-hydrogen) atoms. The number of aromatic nitrogens is 2. The van der Waals surface area contributed by atoms with Gasteiger partial charge in [0.2, 0.25) is 0 Å². The number of thiazole rings is 1. The van der Waals surface area contributed by atoms with Crippen molar-refractivity contribution >= 4 is 43.3 Å². The number of nitrogens with zero attached hydrogens (tertiary/aromatic N) is 2. The predicted octanol–water partition coefficient (Wildman–Crippen LogP) is 4.95. The zero-order valence-corrected chi connectivity index (χ0v) is 15.0. The Kier molecular flexibility index (Phi) is 4.31. The van der Waals surface area contributed by atoms with E-state index in [-0.39, 0.29) is 0 Å². The van der Waals surface area contributed by atoms with Crippen LogP contribution >= 0.6 is 27.3 Å². The lowest BCUT2D eigenvalue weighted by Crippen LogP contribution is -2.09. The Hall–Kier alpha value is -1.66. The second-order valence-electron chi connectivity index (χ2n) is 5.21. The molecule has 0 unspecified atom stereocenters. The van der Waals surface area contributed by atoms with Crippen LogP contribution in [-0.2, 0) is 0 Å². The van der Waals surface area contributed by atoms with Crippen LogP contribution in [0.2, 0.25) is 0 Å². The lowest BCUT2D eigenvalue weighted by molar-refractivity contribution is 0.415. The molecule has 4 nitrogen and oxygen atoms in total. The third kappa shape index (κ3) is 3.08. The molecule has 0 aliphatic carbocycles. The normalized spacial score (nSPS) is 11.1. The smallest absolute Gasteiger partial charge is 0.183 e. The number of halogens is 1. The topological polar surface area (TPSA) is 47.0 Å². The molecule has 0 bridgehead atoms. The summed E-state index contributed by atoms with van der Waals surface area (Å²) >= 11 is 5.21. The zero-order valence-electron chi connectivity index (χ0n) is 12.6. The van der Waals surface area contributed by atoms with Crippen molar-refractivity contribution in [2.45, 2.75) is 19.9 Å². The monoisotopic (exact) mass is 377 g/mol. The Bertz CT molecular complexity index is 816. The van der Waals surface area contributed by atoms with Crippen molar-refractivity contribution < 1.29 is 4.74 Å². The van der Waals surface area contributed by atoms with Crippen molar-refractivity contribution in [3.8, 4) is 17.1 Å². The number of rotatable bonds is 4. The third-order valence-electron chi connectivity index (χ3n) is 3.15. The van der Waals surface area contributed by atoms with Gasteiger partial charge in [-0.3, -0.25) is 0 Å². The molecule has 3 aromatic rings. The average Bonchev–Trinajstić information content (AvgIpc) is 2.94. The number of benzene rings is 1. The summed E-state index contributed by atoms with van der Waals surface area (Å²) in [6, 6.07) is 8.23. The molecule has 0 aliphatic heterocycles. The van der Waals surface area contributed by atoms with Crippen molar-refractivity contribution in [2.75, 3.05) is 12.4 Å². The van der Waals surface area contributed by atoms with Gasteiger partial charge in [0.1, 0.15) is 11.4 Å². The molecular weight excluding hydrogens is 362 g/mol. The maximum absolute atomic E-state index is 5.28. The van der Waals surface area contributed by atoms with Crippen molar-refractivity contribution in [1.82, 2.24) is 9.97 Å². The molecule has 0 radical (unpaired) electrons. The fourth-order valence-corrected chi connectivity index (χ4v) is 3.53. The molecule has 0 aliphatic rings. The van der Waals surface area contributed by atoms with E-state index in [1.54, 1.807) is 18.4 Å². The molecule has 0 fully saturated rings. The van der Waals surface area contributed by atoms with Crippen LogP contribution in [0.5, 0.6) is 5.75 Å². The number of pyridine rings is 1. The highest BCUT2D eigenvalue weighted by atomic mass is 79.9. The number of ether oxygens (including phenoxy) is 1. The van der Waals surface area contributed by atoms with Crippen LogP contribution in [-0.4, -0.2) is 23.1 Å². The van der Waals surface area contributed by atoms with E-state index in [4.69, 9.17) is 9.72 Å². The first-order valence-corrected chi connectivity index (χ1v) is 8.61. The van der Waals surface area contributed by atoms with Gasteiger partial charge < -0.3 is 10.1 Å². The summed E-state index contributed by atoms with van der Waals surface area (Å²) in [5.74, 6) is 0.796. The van der Waals surface area contributed by atoms with E-state index in [1.165, 1.54) is 0 Å². The third-order valence-corrected chi connectivity index (χ3v) is 4.57. The molecule has 6 heteroatoms. The van der Waals surface area contributed by atoms with E-state index >= 15 is 0 Å². The highest BCUT2D eigenvalue weighted by Crippen LogP contribution is 2.31. The van der Waals surface area contributed by atoms with Gasteiger partial charge in [-0.25, -0.2) is 9.97 Å². The average molecular weight is 378 g/mol. The first kappa shape index (κ1) is 15.2. The molecule has 0 spiro atoms. The van der Waals surface area contributed by atoms with Crippen LogP contribution in [0.25, 0.3) is 22.3 Å². The van der Waals surface area contributed by atoms with Crippen LogP contribution in [0.1, 0.15) is 13.8 Å². The van der Waals surface area contributed by atoms with Crippen LogP contribution in [0.4, 0.5) is 5.13 Å². The van der Waals surface area contributed by atoms with Crippen molar-refractivity contribution in [1.29, 1.82) is 0 Å². The Morgan fingerprint density at radius 1 is 1.18 bits per heavy atom. The quantitative estimate of drug-likeness (QED) is 0.698. The Morgan fingerprint density at radius 3 is 2.73 bits per heavy atom. The van der Waals surface area contributed by atoms with E-state index in [1.807, 2.05) is 29.6 Å². The minimum Gasteiger partial charge on any atom is -0.497 e. The standard InChI is InChI=1S/C16H16BrN3OS/c1-9(2)18-16-20-15(8-22-16)14-7-12(17)11-5-4-10(21-3)6-13(11)19-14/h4-9H,1-3H3,(H,18,20). The molecule has 2 aromatic heterocycles. The van der Waals surface area contributed by atoms with E-state index in [0.29, 0.717) is 6.04 Å². The number of nitrogens with one attached hydrogen (secondary N) is 1. The summed E-state index contributed by atoms with van der Waals surface area (Å²) in [6.45, 7) is 4.19. The second kappa shape index (κ2) is 6.22. The summed E-state index contributed by atoms with van der Waals surface area (Å²) in [6.07, 6.45) is 0. The van der Waals surface area contributed by atoms with Crippen molar-refractivity contribution in [2.24, 2.45) is 0 Å². The van der Waals surface area contributed by atoms with Crippen molar-refractivity contribution in [3.63, 3.8) is 0 Å². The van der Waals surface area contributed by atoms with E-state index in [2.05, 4.69) is 40.1 Å². The maximum atomic E-state index is 5.28. The SMILES string of the molecule is COc1ccc2c(Br)cc(-c3csc(NC(C)C)n3)nc2c1. The molecule has 1 N–H and O–H groups in total. The first-order chi connectivity index (χ1) is 10.6. The summed E-state index contributed by atoms with van der Waals surface area (Å²) < 4.78 is 6.28. The molecule has 1 aromatic carbocycles. The molecule has 3 rings (SSSR count). The van der Waals surface area contributed by atoms with Crippen LogP contribution < -0.4 is 10.1 Å². The summed E-state index contributed by atoms with van der Waals surface area (Å²) in [4.78, 5) is 9.32. The van der Waals surface area contributed by atoms with E-state index in [0.717, 1.165) is 37.6 Å². The highest BCUT2D eigenvalue weighted by molar-refractivity contribution is 9.10. The van der Waals surface area contributed by atoms with Gasteiger partial charge in [-0.15, -0.1) is 11.3 Å². The fourth-order valence-electron chi connectivity index (χ4n) is 2.13. The minimum absolute atomic E-state index is 0.361. The van der Waals surface area contributed by atoms with Gasteiger partial charge in [0.25, 0.3) is 0 Å². The number of anilines is 1. The summed E-state index contributed by atoms with van der Waals surface area (Å²) in [5, 5.41) is 7.30. The molecule has 114 valence electrons. The van der Waals surface area contributed by atoms with Gasteiger partial charge in [0, 0.05) is 27.3 Å². The Balaban J connectivity index is 2.05. The van der Waals surface area contributed by atoms with Gasteiger partial charge in [-0.1, -0.05) is 15.9 Å². The maximum Gasteiger partial charge on any atom is 0.183 e. The number of fused-ring (bicyclic) bond motifs is 1. The van der Waals surface area contributed by atoms with Gasteiger partial charge in [0.05, 0.1) is 18.3 Å². The molecule has 0 amide bonds. The molecule has 0 atom stereocenters. The highest BCUT2D eigenvalue weighted by Gasteiger charge is 2.10. The van der Waals surface area contributed by atoms with Crippen LogP contribution in [0.15, 0.2) is 34.1 Å². The van der Waals surface area contributed by atoms with Gasteiger partial charge in [0.15, 0.2) is 5.13 Å². The first-order valence-electron chi connectivity index (χ1n) is 6.93. The number of hydrogen-bond acceptors (Lipinski definition) is 5. The van der Waals surface area contributed by atoms with Gasteiger partial charge in [-0.05, 0) is 32.0 Å². The number of hydrogen-bond donors (Lipinski definition) is 1. The predicted molar refractivity (Wildman–Crippen MR) is 95.9 cm³/mol. The Morgan fingerprint density at radius 2 is 2.00 bits per heavy atom. The lowest BCUT2D eigenvalue weighted by atomic mass is 10.2. The van der Waals surface area contributed by atoms with E-state index in [9.17, 15) is 0 Å². The molecular formula is C16H16BrN3OS. The van der Waals surface area contributed by atoms with Crippen LogP contribution in [0.3, 0.4) is 0 Å². The lowest BCUT2D eigenvalue weighted by Gasteiger charge is -2.06. The largest absolute Gasteiger partial charge is 0.497 e. The number of methoxy groups -OCH3 is 1. The fraction of sp³-hybridized carbons (Fsp3) is 0.250. The Labute approximate surface area is 141 Å². The minimum atomic E-state index is 0.361. The van der Waals surface area contributed by atoms with Gasteiger partial charge in [-0.2, -0.15) is 0 Å². The van der Waals surface area contributed by atoms with Crippen LogP contribution in [0, 0.1) is 0 Å². The van der Waals surface area contributed by atoms with Gasteiger partial charge >= 0.3 is 0 Å².